The molecule has 1 spiro atoms. The number of hydrogen-bond donors (Lipinski definition) is 6. The molecule has 17 heteroatoms. The Bertz CT molecular complexity index is 2520. The minimum Gasteiger partial charge on any atom is -0.390 e. The zero-order valence-electron chi connectivity index (χ0n) is 57.6. The summed E-state index contributed by atoms with van der Waals surface area (Å²) in [6.45, 7) is 28.4. The van der Waals surface area contributed by atoms with E-state index in [2.05, 4.69) is 145 Å². The molecule has 4 aliphatic heterocycles. The Morgan fingerprint density at radius 3 is 2.22 bits per heavy atom. The summed E-state index contributed by atoms with van der Waals surface area (Å²) < 4.78 is 41.1. The number of carbonyl (C=O) groups excluding carboxylic acids is 1. The average Bonchev–Trinajstić information content (AvgIpc) is 0.986. The molecule has 6 N–H and O–H groups in total. The van der Waals surface area contributed by atoms with Crippen LogP contribution in [0, 0.1) is 29.6 Å². The lowest BCUT2D eigenvalue weighted by molar-refractivity contribution is -0.164. The number of halogens is 4. The third kappa shape index (κ3) is 20.0. The van der Waals surface area contributed by atoms with Crippen LogP contribution in [0.1, 0.15) is 208 Å². The van der Waals surface area contributed by atoms with Crippen molar-refractivity contribution in [2.24, 2.45) is 34.6 Å². The number of aryl methyl sites for hydroxylation is 1. The molecule has 11 atom stereocenters. The second kappa shape index (κ2) is 34.7. The summed E-state index contributed by atoms with van der Waals surface area (Å²) in [6, 6.07) is 6.23. The van der Waals surface area contributed by atoms with Gasteiger partial charge in [-0.2, -0.15) is 13.2 Å². The molecule has 3 aliphatic carbocycles. The molecule has 1 aromatic rings. The van der Waals surface area contributed by atoms with Gasteiger partial charge in [-0.3, -0.25) is 14.7 Å². The molecule has 1 amide bonds. The van der Waals surface area contributed by atoms with Gasteiger partial charge < -0.3 is 51.5 Å². The maximum atomic E-state index is 14.9. The number of benzene rings is 1. The van der Waals surface area contributed by atoms with E-state index in [1.165, 1.54) is 94.2 Å². The van der Waals surface area contributed by atoms with Crippen LogP contribution in [0.2, 0.25) is 5.02 Å². The highest BCUT2D eigenvalue weighted by Gasteiger charge is 2.56. The highest BCUT2D eigenvalue weighted by Crippen LogP contribution is 2.45. The van der Waals surface area contributed by atoms with E-state index < -0.39 is 11.7 Å². The molecule has 13 nitrogen and oxygen atoms in total. The molecule has 0 aromatic heterocycles. The van der Waals surface area contributed by atoms with E-state index in [4.69, 9.17) is 16.6 Å². The topological polar surface area (TPSA) is 118 Å². The number of likely N-dealkylation sites (tertiary alicyclic amines) is 1. The smallest absolute Gasteiger partial charge is 0.390 e. The normalized spacial score (nSPS) is 30.8. The van der Waals surface area contributed by atoms with Crippen LogP contribution in [0.5, 0.6) is 0 Å². The van der Waals surface area contributed by atoms with Crippen LogP contribution >= 0.6 is 11.6 Å². The summed E-state index contributed by atoms with van der Waals surface area (Å²) in [6.07, 6.45) is 32.6. The zero-order chi connectivity index (χ0) is 64.5. The van der Waals surface area contributed by atoms with Crippen molar-refractivity contribution in [1.82, 2.24) is 56.4 Å². The number of carbonyl (C=O) groups is 1. The monoisotopic (exact) mass is 1270 g/mol. The van der Waals surface area contributed by atoms with Crippen LogP contribution in [0.25, 0.3) is 0 Å². The van der Waals surface area contributed by atoms with E-state index in [0.29, 0.717) is 54.5 Å². The number of nitrogens with one attached hydrogen (secondary N) is 6. The number of alkyl halides is 3. The lowest BCUT2D eigenvalue weighted by Crippen LogP contribution is -2.76. The number of aliphatic imine (C=N–C) groups is 1. The number of fused-ring (bicyclic) bond motifs is 2. The molecular formula is C73H122ClF3N12O. The molecular weight excluding hydrogens is 1150 g/mol. The molecule has 1 aromatic carbocycles. The van der Waals surface area contributed by atoms with Gasteiger partial charge in [-0.15, -0.1) is 0 Å². The van der Waals surface area contributed by atoms with Crippen LogP contribution in [-0.4, -0.2) is 162 Å². The van der Waals surface area contributed by atoms with Gasteiger partial charge in [0.15, 0.2) is 0 Å². The SMILES string of the molecule is CC[C@H](C)[C@H]1CN[C@@H](CC(C)C)C(C)NCC2[C@@H](C(=O)N3CCCCC3)C(C)N2[C@@H](C2CCC2)C(C)NC2(CCCC2)CNCCNC=CC(CCc2ccc(C(F)(F)F)c(Cl)c2)=NC=CN(C)C=C(CC2CCCCC2)N(C)C=C2CCCN2[C@@H](C)C(C)N1. The van der Waals surface area contributed by atoms with Crippen molar-refractivity contribution in [3.63, 3.8) is 0 Å². The van der Waals surface area contributed by atoms with E-state index in [9.17, 15) is 18.0 Å². The second-order valence-corrected chi connectivity index (χ2v) is 29.9. The Balaban J connectivity index is 1.08. The number of piperidine rings is 1. The summed E-state index contributed by atoms with van der Waals surface area (Å²) in [4.78, 5) is 32.1. The van der Waals surface area contributed by atoms with Crippen molar-refractivity contribution in [2.75, 3.05) is 66.5 Å². The third-order valence-corrected chi connectivity index (χ3v) is 22.7. The molecule has 3 saturated heterocycles. The lowest BCUT2D eigenvalue weighted by Gasteiger charge is -2.61. The van der Waals surface area contributed by atoms with Gasteiger partial charge in [0.1, 0.15) is 0 Å². The summed E-state index contributed by atoms with van der Waals surface area (Å²) in [5.74, 6) is 2.59. The van der Waals surface area contributed by atoms with Crippen molar-refractivity contribution in [3.8, 4) is 0 Å². The Hall–Kier alpha value is -3.64. The van der Waals surface area contributed by atoms with Crippen LogP contribution in [-0.2, 0) is 17.4 Å². The second-order valence-electron chi connectivity index (χ2n) is 29.5. The van der Waals surface area contributed by atoms with Crippen molar-refractivity contribution < 1.29 is 18.0 Å². The molecule has 7 aliphatic rings. The average molecular weight is 1280 g/mol. The van der Waals surface area contributed by atoms with Crippen molar-refractivity contribution in [3.05, 3.63) is 82.8 Å². The van der Waals surface area contributed by atoms with E-state index in [1.54, 1.807) is 0 Å². The fourth-order valence-corrected chi connectivity index (χ4v) is 16.7. The van der Waals surface area contributed by atoms with Crippen LogP contribution in [0.4, 0.5) is 13.2 Å². The maximum Gasteiger partial charge on any atom is 0.417 e. The van der Waals surface area contributed by atoms with Crippen molar-refractivity contribution >= 4 is 23.2 Å². The highest BCUT2D eigenvalue weighted by atomic mass is 35.5. The van der Waals surface area contributed by atoms with Gasteiger partial charge in [-0.25, -0.2) is 0 Å². The van der Waals surface area contributed by atoms with Gasteiger partial charge in [0.2, 0.25) is 5.91 Å². The first-order chi connectivity index (χ1) is 43.1. The first-order valence-corrected chi connectivity index (χ1v) is 36.4. The molecule has 8 rings (SSSR count). The number of nitrogens with zero attached hydrogens (tertiary/aromatic N) is 6. The molecule has 4 heterocycles. The van der Waals surface area contributed by atoms with E-state index in [-0.39, 0.29) is 58.8 Å². The van der Waals surface area contributed by atoms with Gasteiger partial charge in [0.25, 0.3) is 0 Å². The predicted octanol–water partition coefficient (Wildman–Crippen LogP) is 13.4. The van der Waals surface area contributed by atoms with Crippen LogP contribution in [0.3, 0.4) is 0 Å². The summed E-state index contributed by atoms with van der Waals surface area (Å²) in [7, 11) is 4.31. The van der Waals surface area contributed by atoms with Gasteiger partial charge in [-0.1, -0.05) is 103 Å². The summed E-state index contributed by atoms with van der Waals surface area (Å²) in [5.41, 5.74) is 3.36. The molecule has 0 bridgehead atoms. The third-order valence-electron chi connectivity index (χ3n) is 22.4. The molecule has 5 unspecified atom stereocenters. The summed E-state index contributed by atoms with van der Waals surface area (Å²) >= 11 is 6.21. The van der Waals surface area contributed by atoms with Gasteiger partial charge >= 0.3 is 6.18 Å². The first kappa shape index (κ1) is 72.2. The number of amides is 1. The Kier molecular flexibility index (Phi) is 27.8. The fourth-order valence-electron chi connectivity index (χ4n) is 16.4. The van der Waals surface area contributed by atoms with Crippen LogP contribution < -0.4 is 31.9 Å². The molecule has 0 radical (unpaired) electrons. The van der Waals surface area contributed by atoms with E-state index >= 15 is 0 Å². The highest BCUT2D eigenvalue weighted by molar-refractivity contribution is 6.31. The quantitative estimate of drug-likeness (QED) is 0.127. The fraction of sp³-hybridized carbons (Fsp3) is 0.781. The minimum absolute atomic E-state index is 0.0171. The number of rotatable bonds is 11. The molecule has 508 valence electrons. The lowest BCUT2D eigenvalue weighted by atomic mass is 9.69. The van der Waals surface area contributed by atoms with Gasteiger partial charge in [0, 0.05) is 168 Å². The maximum absolute atomic E-state index is 14.9. The molecule has 3 saturated carbocycles. The van der Waals surface area contributed by atoms with Crippen molar-refractivity contribution in [1.29, 1.82) is 0 Å². The number of hydrogen-bond acceptors (Lipinski definition) is 12. The zero-order valence-corrected chi connectivity index (χ0v) is 58.4. The van der Waals surface area contributed by atoms with Crippen LogP contribution in [0.15, 0.2) is 71.7 Å². The van der Waals surface area contributed by atoms with Gasteiger partial charge in [-0.05, 0) is 172 Å². The minimum atomic E-state index is -4.51. The largest absolute Gasteiger partial charge is 0.417 e. The Morgan fingerprint density at radius 2 is 1.54 bits per heavy atom. The Morgan fingerprint density at radius 1 is 0.811 bits per heavy atom. The Labute approximate surface area is 548 Å². The standard InChI is InChI=1S/C73H122ClF3N12O/c1-12-52(4)67-46-82-66(43-51(2)3)54(6)81-47-68-69(71(90)87-39-19-14-20-40-87)57(9)89(68)70(60-25-21-26-60)55(7)84-72(33-17-18-34-72)50-79-37-36-78-35-32-61(30-28-59-29-31-64(65(74)45-59)73(75,76)77)80-38-42-85(10)48-63(44-58-23-15-13-16-24-58)86(11)49-62-27-22-41-88(62)56(8)53(5)83-67/h29,31-32,35,38,42,45,48-49,51-58,60,66-70,78-79,81-84H,12-28,30,33-34,36-37,39-41,43-44,46-47,50H2,1-11H3/t52-,53?,54?,55?,56-,57?,66-,67+,68?,69-,70+/m0/s1. The first-order valence-electron chi connectivity index (χ1n) is 36.0. The van der Waals surface area contributed by atoms with E-state index in [0.717, 1.165) is 127 Å². The summed E-state index contributed by atoms with van der Waals surface area (Å²) in [5, 5.41) is 24.1. The predicted molar refractivity (Wildman–Crippen MR) is 368 cm³/mol. The van der Waals surface area contributed by atoms with E-state index in [1.807, 2.05) is 24.7 Å². The molecule has 6 fully saturated rings. The molecule has 90 heavy (non-hydrogen) atoms. The number of allylic oxidation sites excluding steroid dienone is 3. The van der Waals surface area contributed by atoms with Gasteiger partial charge in [0.05, 0.1) is 16.5 Å². The van der Waals surface area contributed by atoms with Crippen molar-refractivity contribution in [2.45, 2.75) is 270 Å².